The maximum Gasteiger partial charge on any atom is 0.139 e. The van der Waals surface area contributed by atoms with E-state index in [1.165, 1.54) is 114 Å². The van der Waals surface area contributed by atoms with Gasteiger partial charge in [-0.25, -0.2) is 4.98 Å². The lowest BCUT2D eigenvalue weighted by Gasteiger charge is -2.23. The summed E-state index contributed by atoms with van der Waals surface area (Å²) < 4.78 is 4.95. The van der Waals surface area contributed by atoms with Gasteiger partial charge in [-0.1, -0.05) is 127 Å². The van der Waals surface area contributed by atoms with E-state index < -0.39 is 0 Å². The highest BCUT2D eigenvalue weighted by Gasteiger charge is 2.22. The SMILES string of the molecule is Bc1c(B)c(B)c(-c2ccc3c(-c4cccc(-c5cccc(-n6c(CC)nc7ccccc76)c5)c4)c4ccccc4c(-c4cccc5sc6ccccc6c45)c3c2)c(B)c1B. The summed E-state index contributed by atoms with van der Waals surface area (Å²) in [6.45, 7) is 2.18. The Bertz CT molecular complexity index is 3570. The fraction of sp³-hybridized carbons (Fsp3) is 0.0377. The zero-order chi connectivity index (χ0) is 41.5. The quantitative estimate of drug-likeness (QED) is 0.145. The summed E-state index contributed by atoms with van der Waals surface area (Å²) in [5.41, 5.74) is 20.2. The predicted octanol–water partition coefficient (Wildman–Crippen LogP) is 6.22. The first-order chi connectivity index (χ1) is 29.8. The molecule has 0 spiro atoms. The molecule has 0 amide bonds. The number of fused-ring (bicyclic) bond motifs is 6. The summed E-state index contributed by atoms with van der Waals surface area (Å²) in [5.74, 6) is 1.07. The molecular weight excluding hydrogens is 751 g/mol. The van der Waals surface area contributed by atoms with Crippen LogP contribution in [0.5, 0.6) is 0 Å². The maximum absolute atomic E-state index is 4.99. The Kier molecular flexibility index (Phi) is 8.98. The summed E-state index contributed by atoms with van der Waals surface area (Å²) in [5, 5.41) is 7.70. The highest BCUT2D eigenvalue weighted by molar-refractivity contribution is 7.26. The molecule has 11 rings (SSSR count). The molecule has 0 atom stereocenters. The van der Waals surface area contributed by atoms with Crippen molar-refractivity contribution in [1.29, 1.82) is 0 Å². The van der Waals surface area contributed by atoms with Crippen LogP contribution in [0.3, 0.4) is 0 Å². The van der Waals surface area contributed by atoms with Gasteiger partial charge in [-0.2, -0.15) is 0 Å². The van der Waals surface area contributed by atoms with Gasteiger partial charge in [-0.05, 0) is 115 Å². The van der Waals surface area contributed by atoms with Crippen molar-refractivity contribution in [2.45, 2.75) is 13.3 Å². The van der Waals surface area contributed by atoms with Crippen LogP contribution in [-0.2, 0) is 6.42 Å². The number of hydrogen-bond donors (Lipinski definition) is 0. The third-order valence-corrected chi connectivity index (χ3v) is 14.7. The fourth-order valence-corrected chi connectivity index (χ4v) is 11.3. The number of para-hydroxylation sites is 2. The van der Waals surface area contributed by atoms with E-state index in [9.17, 15) is 0 Å². The van der Waals surface area contributed by atoms with Crippen molar-refractivity contribution >= 4 is 131 Å². The van der Waals surface area contributed by atoms with E-state index in [2.05, 4.69) is 208 Å². The van der Waals surface area contributed by atoms with Crippen LogP contribution in [0.25, 0.3) is 103 Å². The molecule has 0 unspecified atom stereocenters. The van der Waals surface area contributed by atoms with Gasteiger partial charge in [0.25, 0.3) is 0 Å². The zero-order valence-corrected chi connectivity index (χ0v) is 36.3. The summed E-state index contributed by atoms with van der Waals surface area (Å²) >= 11 is 1.89. The molecule has 0 aliphatic carbocycles. The van der Waals surface area contributed by atoms with E-state index in [1.54, 1.807) is 0 Å². The zero-order valence-electron chi connectivity index (χ0n) is 35.5. The largest absolute Gasteiger partial charge is 0.296 e. The van der Waals surface area contributed by atoms with Crippen molar-refractivity contribution in [3.8, 4) is 50.2 Å². The number of rotatable bonds is 6. The summed E-state index contributed by atoms with van der Waals surface area (Å²) in [6.07, 6.45) is 0.853. The second-order valence-electron chi connectivity index (χ2n) is 16.7. The molecule has 0 bridgehead atoms. The molecular formula is C53H41B5N2S. The van der Waals surface area contributed by atoms with Crippen molar-refractivity contribution in [2.75, 3.05) is 0 Å². The Morgan fingerprint density at radius 2 is 1.05 bits per heavy atom. The van der Waals surface area contributed by atoms with Gasteiger partial charge < -0.3 is 0 Å². The molecule has 9 aromatic carbocycles. The van der Waals surface area contributed by atoms with Crippen LogP contribution in [-0.4, -0.2) is 48.8 Å². The molecule has 284 valence electrons. The number of nitrogens with zero attached hydrogens (tertiary/aromatic N) is 2. The Morgan fingerprint density at radius 1 is 0.459 bits per heavy atom. The molecule has 0 saturated heterocycles. The lowest BCUT2D eigenvalue weighted by atomic mass is 9.59. The number of aryl methyl sites for hydroxylation is 1. The van der Waals surface area contributed by atoms with Crippen LogP contribution in [0.15, 0.2) is 158 Å². The third-order valence-electron chi connectivity index (χ3n) is 13.5. The van der Waals surface area contributed by atoms with Crippen molar-refractivity contribution in [3.05, 3.63) is 164 Å². The second kappa shape index (κ2) is 14.6. The van der Waals surface area contributed by atoms with Crippen molar-refractivity contribution in [3.63, 3.8) is 0 Å². The van der Waals surface area contributed by atoms with Gasteiger partial charge in [-0.15, -0.1) is 27.7 Å². The van der Waals surface area contributed by atoms with E-state index in [0.717, 1.165) is 29.0 Å². The Morgan fingerprint density at radius 3 is 1.84 bits per heavy atom. The Labute approximate surface area is 365 Å². The normalized spacial score (nSPS) is 11.8. The van der Waals surface area contributed by atoms with Gasteiger partial charge in [0.1, 0.15) is 45.1 Å². The van der Waals surface area contributed by atoms with Crippen LogP contribution in [0.1, 0.15) is 12.7 Å². The predicted molar refractivity (Wildman–Crippen MR) is 281 cm³/mol. The molecule has 0 radical (unpaired) electrons. The number of imidazole rings is 1. The molecule has 8 heteroatoms. The molecule has 0 aliphatic rings. The monoisotopic (exact) mass is 792 g/mol. The molecule has 2 heterocycles. The molecule has 0 fully saturated rings. The topological polar surface area (TPSA) is 17.8 Å². The van der Waals surface area contributed by atoms with E-state index in [4.69, 9.17) is 4.98 Å². The summed E-state index contributed by atoms with van der Waals surface area (Å²) in [4.78, 5) is 4.99. The van der Waals surface area contributed by atoms with Gasteiger partial charge in [0.05, 0.1) is 11.0 Å². The maximum atomic E-state index is 4.99. The fourth-order valence-electron chi connectivity index (χ4n) is 10.1. The van der Waals surface area contributed by atoms with Gasteiger partial charge >= 0.3 is 0 Å². The van der Waals surface area contributed by atoms with E-state index in [0.29, 0.717) is 0 Å². The third kappa shape index (κ3) is 5.87. The van der Waals surface area contributed by atoms with E-state index >= 15 is 0 Å². The first-order valence-corrected chi connectivity index (χ1v) is 22.3. The van der Waals surface area contributed by atoms with Crippen molar-refractivity contribution < 1.29 is 0 Å². The van der Waals surface area contributed by atoms with Gasteiger partial charge in [-0.3, -0.25) is 4.57 Å². The highest BCUT2D eigenvalue weighted by Crippen LogP contribution is 2.48. The van der Waals surface area contributed by atoms with Crippen LogP contribution in [0.4, 0.5) is 0 Å². The molecule has 61 heavy (non-hydrogen) atoms. The molecule has 0 N–H and O–H groups in total. The highest BCUT2D eigenvalue weighted by atomic mass is 32.1. The number of benzene rings is 9. The lowest BCUT2D eigenvalue weighted by Crippen LogP contribution is -2.55. The Hall–Kier alpha value is -6.49. The summed E-state index contributed by atoms with van der Waals surface area (Å²) in [6, 6.07) is 58.7. The van der Waals surface area contributed by atoms with Crippen LogP contribution in [0, 0.1) is 0 Å². The van der Waals surface area contributed by atoms with Gasteiger partial charge in [0, 0.05) is 32.3 Å². The first kappa shape index (κ1) is 37.5. The molecule has 2 aromatic heterocycles. The molecule has 11 aromatic rings. The van der Waals surface area contributed by atoms with E-state index in [1.807, 2.05) is 11.3 Å². The average Bonchev–Trinajstić information content (AvgIpc) is 3.88. The van der Waals surface area contributed by atoms with E-state index in [-0.39, 0.29) is 0 Å². The minimum Gasteiger partial charge on any atom is -0.296 e. The molecule has 0 aliphatic heterocycles. The van der Waals surface area contributed by atoms with Gasteiger partial charge in [0.15, 0.2) is 0 Å². The molecule has 2 nitrogen and oxygen atoms in total. The smallest absolute Gasteiger partial charge is 0.139 e. The standard InChI is InChI=1S/C53H41B5N2S/c1-2-44-59-40-20-6-7-21-41(40)60(44)33-15-10-13-30(27-33)29-12-9-14-31(26-29)45-34-16-3-4-17-35(34)47(38-19-11-23-43-48(38)37-18-5-8-22-42(37)61-43)39-28-32(24-25-36(39)45)46-49(54)51(56)53(58)52(57)50(46)55/h3-28H,2,54-58H2,1H3. The molecule has 0 saturated carbocycles. The summed E-state index contributed by atoms with van der Waals surface area (Å²) in [7, 11) is 11.4. The van der Waals surface area contributed by atoms with Crippen molar-refractivity contribution in [1.82, 2.24) is 9.55 Å². The average molecular weight is 792 g/mol. The number of aromatic nitrogens is 2. The van der Waals surface area contributed by atoms with Crippen LogP contribution < -0.4 is 27.3 Å². The van der Waals surface area contributed by atoms with Gasteiger partial charge in [0.2, 0.25) is 0 Å². The van der Waals surface area contributed by atoms with Crippen molar-refractivity contribution in [2.24, 2.45) is 0 Å². The van der Waals surface area contributed by atoms with Crippen LogP contribution in [0.2, 0.25) is 0 Å². The number of thiophene rings is 1. The van der Waals surface area contributed by atoms with Crippen LogP contribution >= 0.6 is 11.3 Å². The lowest BCUT2D eigenvalue weighted by molar-refractivity contribution is 0.908. The Balaban J connectivity index is 1.19. The number of hydrogen-bond acceptors (Lipinski definition) is 2. The second-order valence-corrected chi connectivity index (χ2v) is 17.8. The first-order valence-electron chi connectivity index (χ1n) is 21.4. The minimum atomic E-state index is 0.853. The minimum absolute atomic E-state index is 0.853.